The van der Waals surface area contributed by atoms with Gasteiger partial charge in [0.15, 0.2) is 0 Å². The highest BCUT2D eigenvalue weighted by molar-refractivity contribution is 5.85. The van der Waals surface area contributed by atoms with Gasteiger partial charge in [-0.1, -0.05) is 0 Å². The van der Waals surface area contributed by atoms with Gasteiger partial charge in [-0.15, -0.1) is 0 Å². The zero-order valence-corrected chi connectivity index (χ0v) is 11.9. The molecule has 0 aliphatic heterocycles. The first kappa shape index (κ1) is 16.7. The summed E-state index contributed by atoms with van der Waals surface area (Å²) in [6.45, 7) is 8.52. The molecule has 2 amide bonds. The molecule has 0 aromatic carbocycles. The largest absolute Gasteiger partial charge is 0.480 e. The lowest BCUT2D eigenvalue weighted by molar-refractivity contribution is -0.147. The van der Waals surface area contributed by atoms with Gasteiger partial charge in [0.2, 0.25) is 0 Å². The smallest absolute Gasteiger partial charge is 0.329 e. The van der Waals surface area contributed by atoms with Crippen LogP contribution in [0.5, 0.6) is 0 Å². The summed E-state index contributed by atoms with van der Waals surface area (Å²) in [6, 6.07) is -0.301. The Morgan fingerprint density at radius 3 is 2.22 bits per heavy atom. The van der Waals surface area contributed by atoms with Gasteiger partial charge >= 0.3 is 12.0 Å². The van der Waals surface area contributed by atoms with Crippen LogP contribution in [0.25, 0.3) is 0 Å². The third-order valence-corrected chi connectivity index (χ3v) is 2.85. The molecule has 0 heterocycles. The highest BCUT2D eigenvalue weighted by Crippen LogP contribution is 2.16. The second-order valence-corrected chi connectivity index (χ2v) is 4.51. The fourth-order valence-electron chi connectivity index (χ4n) is 1.53. The summed E-state index contributed by atoms with van der Waals surface area (Å²) >= 11 is 0. The summed E-state index contributed by atoms with van der Waals surface area (Å²) in [5.74, 6) is -1.02. The van der Waals surface area contributed by atoms with Crippen molar-refractivity contribution in [2.45, 2.75) is 33.2 Å². The first-order valence-corrected chi connectivity index (χ1v) is 6.12. The van der Waals surface area contributed by atoms with E-state index in [1.807, 2.05) is 6.92 Å². The summed E-state index contributed by atoms with van der Waals surface area (Å²) in [4.78, 5) is 26.1. The monoisotopic (exact) mass is 260 g/mol. The van der Waals surface area contributed by atoms with Gasteiger partial charge in [0, 0.05) is 26.7 Å². The number of urea groups is 1. The van der Waals surface area contributed by atoms with Crippen LogP contribution in [0.1, 0.15) is 27.7 Å². The van der Waals surface area contributed by atoms with Gasteiger partial charge in [0.25, 0.3) is 0 Å². The Bertz CT molecular complexity index is 292. The van der Waals surface area contributed by atoms with Crippen LogP contribution >= 0.6 is 0 Å². The van der Waals surface area contributed by atoms with E-state index in [9.17, 15) is 9.59 Å². The molecule has 106 valence electrons. The second-order valence-electron chi connectivity index (χ2n) is 4.51. The molecule has 1 N–H and O–H groups in total. The molecule has 0 saturated heterocycles. The summed E-state index contributed by atoms with van der Waals surface area (Å²) in [5, 5.41) is 9.15. The van der Waals surface area contributed by atoms with Crippen molar-refractivity contribution in [3.63, 3.8) is 0 Å². The van der Waals surface area contributed by atoms with Crippen LogP contribution in [-0.2, 0) is 9.53 Å². The van der Waals surface area contributed by atoms with E-state index in [4.69, 9.17) is 9.84 Å². The Morgan fingerprint density at radius 1 is 1.28 bits per heavy atom. The molecule has 0 atom stereocenters. The predicted molar refractivity (Wildman–Crippen MR) is 68.6 cm³/mol. The van der Waals surface area contributed by atoms with Gasteiger partial charge in [0.1, 0.15) is 5.54 Å². The second kappa shape index (κ2) is 7.20. The van der Waals surface area contributed by atoms with Crippen LogP contribution in [0, 0.1) is 0 Å². The Balaban J connectivity index is 4.66. The number of amides is 2. The fraction of sp³-hybridized carbons (Fsp3) is 0.833. The van der Waals surface area contributed by atoms with E-state index >= 15 is 0 Å². The van der Waals surface area contributed by atoms with Crippen LogP contribution in [0.15, 0.2) is 0 Å². The van der Waals surface area contributed by atoms with Crippen LogP contribution in [-0.4, -0.2) is 65.8 Å². The van der Waals surface area contributed by atoms with Crippen LogP contribution < -0.4 is 0 Å². The topological polar surface area (TPSA) is 70.1 Å². The van der Waals surface area contributed by atoms with Gasteiger partial charge < -0.3 is 19.6 Å². The number of hydrogen-bond acceptors (Lipinski definition) is 3. The lowest BCUT2D eigenvalue weighted by Crippen LogP contribution is -2.56. The number of nitrogens with zero attached hydrogens (tertiary/aromatic N) is 2. The fourth-order valence-corrected chi connectivity index (χ4v) is 1.53. The zero-order chi connectivity index (χ0) is 14.3. The van der Waals surface area contributed by atoms with E-state index in [0.29, 0.717) is 26.3 Å². The number of hydrogen-bond donors (Lipinski definition) is 1. The van der Waals surface area contributed by atoms with Crippen molar-refractivity contribution in [3.05, 3.63) is 0 Å². The molecule has 0 aliphatic rings. The molecule has 0 unspecified atom stereocenters. The lowest BCUT2D eigenvalue weighted by atomic mass is 10.0. The number of rotatable bonds is 7. The number of carbonyl (C=O) groups excluding carboxylic acids is 1. The predicted octanol–water partition coefficient (Wildman–Crippen LogP) is 1.26. The quantitative estimate of drug-likeness (QED) is 0.700. The van der Waals surface area contributed by atoms with E-state index in [2.05, 4.69) is 0 Å². The van der Waals surface area contributed by atoms with Crippen molar-refractivity contribution in [2.75, 3.05) is 33.4 Å². The molecule has 0 aromatic rings. The SMILES string of the molecule is CCOCCN(C)C(=O)N(CC)C(C)(C)C(=O)O. The van der Waals surface area contributed by atoms with Crippen molar-refractivity contribution >= 4 is 12.0 Å². The average Bonchev–Trinajstić information content (AvgIpc) is 2.29. The molecule has 0 rings (SSSR count). The Kier molecular flexibility index (Phi) is 6.68. The first-order chi connectivity index (χ1) is 8.28. The maximum Gasteiger partial charge on any atom is 0.329 e. The van der Waals surface area contributed by atoms with Crippen LogP contribution in [0.4, 0.5) is 4.79 Å². The average molecular weight is 260 g/mol. The van der Waals surface area contributed by atoms with E-state index in [1.54, 1.807) is 14.0 Å². The van der Waals surface area contributed by atoms with E-state index < -0.39 is 11.5 Å². The Hall–Kier alpha value is -1.30. The Labute approximate surface area is 109 Å². The summed E-state index contributed by atoms with van der Waals surface area (Å²) < 4.78 is 5.17. The minimum Gasteiger partial charge on any atom is -0.480 e. The number of aliphatic carboxylic acids is 1. The van der Waals surface area contributed by atoms with Crippen LogP contribution in [0.2, 0.25) is 0 Å². The number of ether oxygens (including phenoxy) is 1. The van der Waals surface area contributed by atoms with Gasteiger partial charge in [0.05, 0.1) is 6.61 Å². The van der Waals surface area contributed by atoms with Gasteiger partial charge in [-0.05, 0) is 27.7 Å². The minimum atomic E-state index is -1.22. The van der Waals surface area contributed by atoms with Gasteiger partial charge in [-0.3, -0.25) is 0 Å². The number of likely N-dealkylation sites (N-methyl/N-ethyl adjacent to an activating group) is 2. The van der Waals surface area contributed by atoms with Gasteiger partial charge in [-0.25, -0.2) is 9.59 Å². The standard InChI is InChI=1S/C12H24N2O4/c1-6-14(12(3,4)10(15)16)11(17)13(5)8-9-18-7-2/h6-9H2,1-5H3,(H,15,16). The minimum absolute atomic E-state index is 0.301. The van der Waals surface area contributed by atoms with E-state index in [0.717, 1.165) is 0 Å². The molecule has 18 heavy (non-hydrogen) atoms. The molecular weight excluding hydrogens is 236 g/mol. The molecule has 0 fully saturated rings. The molecular formula is C12H24N2O4. The Morgan fingerprint density at radius 2 is 1.83 bits per heavy atom. The van der Waals surface area contributed by atoms with E-state index in [-0.39, 0.29) is 6.03 Å². The molecule has 0 spiro atoms. The highest BCUT2D eigenvalue weighted by Gasteiger charge is 2.37. The van der Waals surface area contributed by atoms with Crippen molar-refractivity contribution in [3.8, 4) is 0 Å². The van der Waals surface area contributed by atoms with Crippen molar-refractivity contribution in [1.29, 1.82) is 0 Å². The van der Waals surface area contributed by atoms with Gasteiger partial charge in [-0.2, -0.15) is 0 Å². The maximum atomic E-state index is 12.2. The third-order valence-electron chi connectivity index (χ3n) is 2.85. The summed E-state index contributed by atoms with van der Waals surface area (Å²) in [7, 11) is 1.64. The highest BCUT2D eigenvalue weighted by atomic mass is 16.5. The molecule has 0 aromatic heterocycles. The zero-order valence-electron chi connectivity index (χ0n) is 11.9. The van der Waals surface area contributed by atoms with E-state index in [1.165, 1.54) is 23.6 Å². The molecule has 6 heteroatoms. The lowest BCUT2D eigenvalue weighted by Gasteiger charge is -2.36. The normalized spacial score (nSPS) is 11.2. The maximum absolute atomic E-state index is 12.2. The summed E-state index contributed by atoms with van der Waals surface area (Å²) in [5.41, 5.74) is -1.22. The van der Waals surface area contributed by atoms with Crippen molar-refractivity contribution in [2.24, 2.45) is 0 Å². The van der Waals surface area contributed by atoms with Crippen LogP contribution in [0.3, 0.4) is 0 Å². The number of carbonyl (C=O) groups is 2. The number of carboxylic acids is 1. The molecule has 0 bridgehead atoms. The first-order valence-electron chi connectivity index (χ1n) is 6.12. The molecule has 0 radical (unpaired) electrons. The van der Waals surface area contributed by atoms with Crippen molar-refractivity contribution in [1.82, 2.24) is 9.80 Å². The third kappa shape index (κ3) is 4.18. The molecule has 0 saturated carbocycles. The molecule has 0 aliphatic carbocycles. The summed E-state index contributed by atoms with van der Waals surface area (Å²) in [6.07, 6.45) is 0. The molecule has 6 nitrogen and oxygen atoms in total. The number of carboxylic acid groups (broad SMARTS) is 1. The van der Waals surface area contributed by atoms with Crippen molar-refractivity contribution < 1.29 is 19.4 Å².